The van der Waals surface area contributed by atoms with E-state index in [2.05, 4.69) is 5.32 Å². The molecule has 0 unspecified atom stereocenters. The van der Waals surface area contributed by atoms with Crippen LogP contribution in [-0.2, 0) is 4.79 Å². The van der Waals surface area contributed by atoms with Gasteiger partial charge in [-0.2, -0.15) is 13.2 Å². The van der Waals surface area contributed by atoms with Crippen molar-refractivity contribution in [3.05, 3.63) is 0 Å². The molecule has 0 aromatic rings. The Morgan fingerprint density at radius 3 is 2.62 bits per heavy atom. The van der Waals surface area contributed by atoms with E-state index in [0.717, 1.165) is 11.3 Å². The van der Waals surface area contributed by atoms with Crippen molar-refractivity contribution in [3.8, 4) is 0 Å². The summed E-state index contributed by atoms with van der Waals surface area (Å²) >= 11 is 0. The largest absolute Gasteiger partial charge is 0.406 e. The van der Waals surface area contributed by atoms with Gasteiger partial charge in [-0.15, -0.1) is 0 Å². The van der Waals surface area contributed by atoms with Crippen LogP contribution in [0.4, 0.5) is 13.2 Å². The molecule has 1 atom stereocenters. The van der Waals surface area contributed by atoms with Gasteiger partial charge < -0.3 is 10.2 Å². The number of amides is 1. The van der Waals surface area contributed by atoms with Gasteiger partial charge in [0.25, 0.3) is 0 Å². The lowest BCUT2D eigenvalue weighted by Crippen LogP contribution is -2.47. The standard InChI is InChI=1S/C10H17F3N2O/c1-2-6-15(7-10(11,12)13)9(16)8-4-3-5-14-8/h8,14H,2-7H2,1H3/t8-/m0/s1. The highest BCUT2D eigenvalue weighted by Gasteiger charge is 2.35. The van der Waals surface area contributed by atoms with E-state index in [1.165, 1.54) is 0 Å². The van der Waals surface area contributed by atoms with Crippen LogP contribution in [0.3, 0.4) is 0 Å². The first-order valence-electron chi connectivity index (χ1n) is 5.53. The molecule has 1 saturated heterocycles. The molecule has 6 heteroatoms. The van der Waals surface area contributed by atoms with E-state index < -0.39 is 24.7 Å². The van der Waals surface area contributed by atoms with Crippen LogP contribution >= 0.6 is 0 Å². The van der Waals surface area contributed by atoms with Crippen LogP contribution in [0.25, 0.3) is 0 Å². The maximum atomic E-state index is 12.3. The fourth-order valence-corrected chi connectivity index (χ4v) is 1.87. The fourth-order valence-electron chi connectivity index (χ4n) is 1.87. The Balaban J connectivity index is 2.57. The molecule has 0 radical (unpaired) electrons. The molecule has 1 rings (SSSR count). The smallest absolute Gasteiger partial charge is 0.332 e. The quantitative estimate of drug-likeness (QED) is 0.805. The van der Waals surface area contributed by atoms with Crippen LogP contribution in [-0.4, -0.2) is 42.7 Å². The third kappa shape index (κ3) is 4.00. The normalized spacial score (nSPS) is 21.1. The van der Waals surface area contributed by atoms with E-state index in [-0.39, 0.29) is 6.54 Å². The number of hydrogen-bond donors (Lipinski definition) is 1. The maximum Gasteiger partial charge on any atom is 0.406 e. The number of nitrogens with zero attached hydrogens (tertiary/aromatic N) is 1. The zero-order chi connectivity index (χ0) is 12.2. The number of nitrogens with one attached hydrogen (secondary N) is 1. The Hall–Kier alpha value is -0.780. The molecule has 0 aromatic heterocycles. The van der Waals surface area contributed by atoms with Crippen LogP contribution in [0.2, 0.25) is 0 Å². The van der Waals surface area contributed by atoms with E-state index in [9.17, 15) is 18.0 Å². The number of carbonyl (C=O) groups excluding carboxylic acids is 1. The summed E-state index contributed by atoms with van der Waals surface area (Å²) in [7, 11) is 0. The summed E-state index contributed by atoms with van der Waals surface area (Å²) in [5, 5.41) is 2.92. The molecular weight excluding hydrogens is 221 g/mol. The average Bonchev–Trinajstić information content (AvgIpc) is 2.66. The predicted octanol–water partition coefficient (Wildman–Crippen LogP) is 1.54. The van der Waals surface area contributed by atoms with Gasteiger partial charge in [0.2, 0.25) is 5.91 Å². The second-order valence-electron chi connectivity index (χ2n) is 4.02. The van der Waals surface area contributed by atoms with Gasteiger partial charge in [0.15, 0.2) is 0 Å². The highest BCUT2D eigenvalue weighted by molar-refractivity contribution is 5.82. The summed E-state index contributed by atoms with van der Waals surface area (Å²) in [6, 6.07) is -0.422. The zero-order valence-electron chi connectivity index (χ0n) is 9.31. The van der Waals surface area contributed by atoms with Crippen molar-refractivity contribution in [3.63, 3.8) is 0 Å². The molecule has 3 nitrogen and oxygen atoms in total. The fraction of sp³-hybridized carbons (Fsp3) is 0.900. The lowest BCUT2D eigenvalue weighted by Gasteiger charge is -2.26. The first-order chi connectivity index (χ1) is 7.44. The van der Waals surface area contributed by atoms with E-state index in [1.54, 1.807) is 6.92 Å². The van der Waals surface area contributed by atoms with E-state index in [4.69, 9.17) is 0 Å². The molecule has 0 aromatic carbocycles. The van der Waals surface area contributed by atoms with Gasteiger partial charge in [0.1, 0.15) is 6.54 Å². The van der Waals surface area contributed by atoms with Crippen LogP contribution < -0.4 is 5.32 Å². The van der Waals surface area contributed by atoms with Gasteiger partial charge in [0.05, 0.1) is 6.04 Å². The predicted molar refractivity (Wildman–Crippen MR) is 54.0 cm³/mol. The van der Waals surface area contributed by atoms with Gasteiger partial charge in [-0.1, -0.05) is 6.92 Å². The van der Waals surface area contributed by atoms with Gasteiger partial charge in [0, 0.05) is 6.54 Å². The Labute approximate surface area is 93.0 Å². The van der Waals surface area contributed by atoms with Crippen molar-refractivity contribution in [2.24, 2.45) is 0 Å². The van der Waals surface area contributed by atoms with Gasteiger partial charge in [-0.05, 0) is 25.8 Å². The molecule has 1 fully saturated rings. The van der Waals surface area contributed by atoms with Crippen molar-refractivity contribution in [2.45, 2.75) is 38.4 Å². The van der Waals surface area contributed by atoms with Crippen LogP contribution in [0.15, 0.2) is 0 Å². The van der Waals surface area contributed by atoms with Gasteiger partial charge in [-0.3, -0.25) is 4.79 Å². The van der Waals surface area contributed by atoms with E-state index >= 15 is 0 Å². The van der Waals surface area contributed by atoms with Crippen LogP contribution in [0, 0.1) is 0 Å². The third-order valence-corrected chi connectivity index (χ3v) is 2.53. The van der Waals surface area contributed by atoms with Crippen molar-refractivity contribution >= 4 is 5.91 Å². The molecule has 0 saturated carbocycles. The lowest BCUT2D eigenvalue weighted by molar-refractivity contribution is -0.162. The third-order valence-electron chi connectivity index (χ3n) is 2.53. The average molecular weight is 238 g/mol. The van der Waals surface area contributed by atoms with E-state index in [0.29, 0.717) is 19.4 Å². The van der Waals surface area contributed by atoms with Crippen molar-refractivity contribution in [2.75, 3.05) is 19.6 Å². The minimum Gasteiger partial charge on any atom is -0.332 e. The highest BCUT2D eigenvalue weighted by Crippen LogP contribution is 2.18. The maximum absolute atomic E-state index is 12.3. The summed E-state index contributed by atoms with van der Waals surface area (Å²) in [5.41, 5.74) is 0. The number of carbonyl (C=O) groups is 1. The summed E-state index contributed by atoms with van der Waals surface area (Å²) in [6.45, 7) is 1.50. The molecule has 1 heterocycles. The van der Waals surface area contributed by atoms with Crippen molar-refractivity contribution < 1.29 is 18.0 Å². The SMILES string of the molecule is CCCN(CC(F)(F)F)C(=O)[C@@H]1CCCN1. The molecule has 1 aliphatic heterocycles. The number of hydrogen-bond acceptors (Lipinski definition) is 2. The summed E-state index contributed by atoms with van der Waals surface area (Å²) in [5.74, 6) is -0.420. The molecule has 1 aliphatic rings. The van der Waals surface area contributed by atoms with Gasteiger partial charge in [-0.25, -0.2) is 0 Å². The molecule has 94 valence electrons. The second kappa shape index (κ2) is 5.52. The Kier molecular flexibility index (Phi) is 4.58. The Bertz CT molecular complexity index is 237. The van der Waals surface area contributed by atoms with Crippen molar-refractivity contribution in [1.82, 2.24) is 10.2 Å². The molecule has 1 N–H and O–H groups in total. The summed E-state index contributed by atoms with van der Waals surface area (Å²) in [6.07, 6.45) is -2.29. The Morgan fingerprint density at radius 1 is 1.50 bits per heavy atom. The molecular formula is C10H17F3N2O. The van der Waals surface area contributed by atoms with E-state index in [1.807, 2.05) is 0 Å². The Morgan fingerprint density at radius 2 is 2.19 bits per heavy atom. The second-order valence-corrected chi connectivity index (χ2v) is 4.02. The van der Waals surface area contributed by atoms with Gasteiger partial charge >= 0.3 is 6.18 Å². The monoisotopic (exact) mass is 238 g/mol. The minimum absolute atomic E-state index is 0.163. The number of rotatable bonds is 4. The molecule has 16 heavy (non-hydrogen) atoms. The minimum atomic E-state index is -4.32. The highest BCUT2D eigenvalue weighted by atomic mass is 19.4. The van der Waals surface area contributed by atoms with Crippen molar-refractivity contribution in [1.29, 1.82) is 0 Å². The molecule has 0 bridgehead atoms. The summed E-state index contributed by atoms with van der Waals surface area (Å²) in [4.78, 5) is 12.7. The molecule has 0 aliphatic carbocycles. The van der Waals surface area contributed by atoms with Crippen LogP contribution in [0.5, 0.6) is 0 Å². The first kappa shape index (κ1) is 13.3. The number of alkyl halides is 3. The van der Waals surface area contributed by atoms with Crippen LogP contribution in [0.1, 0.15) is 26.2 Å². The lowest BCUT2D eigenvalue weighted by atomic mass is 10.2. The summed E-state index contributed by atoms with van der Waals surface area (Å²) < 4.78 is 36.8. The zero-order valence-corrected chi connectivity index (χ0v) is 9.31. The molecule has 1 amide bonds. The first-order valence-corrected chi connectivity index (χ1v) is 5.53. The number of halogens is 3. The topological polar surface area (TPSA) is 32.3 Å². The molecule has 0 spiro atoms.